The lowest BCUT2D eigenvalue weighted by Gasteiger charge is -2.35. The standard InChI is InChI=1S/C15H20ClF3N2O.ClH/c16-13-10-11(3-4-12(13)15(17,18)19)14(2-1-9-22)21-7-5-20-6-8-21;/h3-4,10,14,20,22H,1-2,5-9H2;1H/t14-;/m1./s1. The minimum Gasteiger partial charge on any atom is -0.396 e. The normalized spacial score (nSPS) is 17.6. The highest BCUT2D eigenvalue weighted by molar-refractivity contribution is 6.31. The second kappa shape index (κ2) is 9.08. The molecule has 1 fully saturated rings. The van der Waals surface area contributed by atoms with Gasteiger partial charge in [-0.05, 0) is 30.5 Å². The first kappa shape index (κ1) is 20.5. The number of rotatable bonds is 5. The Bertz CT molecular complexity index is 494. The number of hydrogen-bond acceptors (Lipinski definition) is 3. The summed E-state index contributed by atoms with van der Waals surface area (Å²) < 4.78 is 38.4. The molecule has 0 amide bonds. The van der Waals surface area contributed by atoms with E-state index in [-0.39, 0.29) is 30.1 Å². The van der Waals surface area contributed by atoms with Crippen LogP contribution in [0.1, 0.15) is 30.0 Å². The van der Waals surface area contributed by atoms with Crippen LogP contribution in [-0.2, 0) is 6.18 Å². The first-order valence-corrected chi connectivity index (χ1v) is 7.73. The molecule has 1 saturated heterocycles. The number of hydrogen-bond donors (Lipinski definition) is 2. The number of aliphatic hydroxyl groups excluding tert-OH is 1. The number of alkyl halides is 3. The molecule has 0 radical (unpaired) electrons. The Labute approximate surface area is 145 Å². The van der Waals surface area contributed by atoms with E-state index >= 15 is 0 Å². The highest BCUT2D eigenvalue weighted by atomic mass is 35.5. The van der Waals surface area contributed by atoms with Gasteiger partial charge in [-0.3, -0.25) is 4.90 Å². The van der Waals surface area contributed by atoms with Crippen molar-refractivity contribution in [1.29, 1.82) is 0 Å². The third-order valence-electron chi connectivity index (χ3n) is 3.91. The summed E-state index contributed by atoms with van der Waals surface area (Å²) in [6.07, 6.45) is -3.14. The zero-order chi connectivity index (χ0) is 16.2. The van der Waals surface area contributed by atoms with Crippen molar-refractivity contribution >= 4 is 24.0 Å². The number of nitrogens with one attached hydrogen (secondary N) is 1. The molecule has 0 aliphatic carbocycles. The van der Waals surface area contributed by atoms with Crippen LogP contribution in [0.15, 0.2) is 18.2 Å². The quantitative estimate of drug-likeness (QED) is 0.830. The highest BCUT2D eigenvalue weighted by Gasteiger charge is 2.33. The van der Waals surface area contributed by atoms with Crippen LogP contribution in [0, 0.1) is 0 Å². The number of benzene rings is 1. The molecular formula is C15H21Cl2F3N2O. The van der Waals surface area contributed by atoms with Gasteiger partial charge in [-0.1, -0.05) is 17.7 Å². The summed E-state index contributed by atoms with van der Waals surface area (Å²) >= 11 is 5.83. The molecule has 0 saturated carbocycles. The zero-order valence-corrected chi connectivity index (χ0v) is 14.1. The summed E-state index contributed by atoms with van der Waals surface area (Å²) in [5.41, 5.74) is -0.0347. The maximum atomic E-state index is 12.8. The van der Waals surface area contributed by atoms with Gasteiger partial charge in [0.25, 0.3) is 0 Å². The van der Waals surface area contributed by atoms with Crippen molar-refractivity contribution < 1.29 is 18.3 Å². The van der Waals surface area contributed by atoms with Crippen molar-refractivity contribution in [3.63, 3.8) is 0 Å². The third-order valence-corrected chi connectivity index (χ3v) is 4.22. The van der Waals surface area contributed by atoms with Gasteiger partial charge in [0.15, 0.2) is 0 Å². The van der Waals surface area contributed by atoms with Crippen LogP contribution in [0.25, 0.3) is 0 Å². The fraction of sp³-hybridized carbons (Fsp3) is 0.600. The molecule has 2 rings (SSSR count). The average molecular weight is 373 g/mol. The first-order chi connectivity index (χ1) is 10.4. The Morgan fingerprint density at radius 1 is 1.26 bits per heavy atom. The summed E-state index contributed by atoms with van der Waals surface area (Å²) in [6, 6.07) is 3.94. The Hall–Kier alpha value is -0.530. The van der Waals surface area contributed by atoms with Gasteiger partial charge in [0.1, 0.15) is 0 Å². The lowest BCUT2D eigenvalue weighted by molar-refractivity contribution is -0.137. The number of piperazine rings is 1. The van der Waals surface area contributed by atoms with Crippen molar-refractivity contribution in [3.8, 4) is 0 Å². The molecule has 0 bridgehead atoms. The maximum absolute atomic E-state index is 12.8. The summed E-state index contributed by atoms with van der Waals surface area (Å²) in [6.45, 7) is 3.43. The summed E-state index contributed by atoms with van der Waals surface area (Å²) in [5.74, 6) is 0. The van der Waals surface area contributed by atoms with E-state index in [9.17, 15) is 13.2 Å². The molecule has 1 heterocycles. The predicted octanol–water partition coefficient (Wildman–Crippen LogP) is 3.50. The lowest BCUT2D eigenvalue weighted by atomic mass is 9.98. The van der Waals surface area contributed by atoms with Crippen molar-refractivity contribution in [3.05, 3.63) is 34.3 Å². The molecule has 3 nitrogen and oxygen atoms in total. The Morgan fingerprint density at radius 3 is 2.43 bits per heavy atom. The second-order valence-electron chi connectivity index (χ2n) is 5.40. The number of halogens is 5. The van der Waals surface area contributed by atoms with Gasteiger partial charge in [-0.2, -0.15) is 13.2 Å². The van der Waals surface area contributed by atoms with Crippen LogP contribution in [0.3, 0.4) is 0 Å². The van der Waals surface area contributed by atoms with Gasteiger partial charge in [0.05, 0.1) is 10.6 Å². The van der Waals surface area contributed by atoms with Crippen LogP contribution >= 0.6 is 24.0 Å². The molecule has 8 heteroatoms. The predicted molar refractivity (Wildman–Crippen MR) is 87.2 cm³/mol. The molecule has 1 atom stereocenters. The molecule has 132 valence electrons. The minimum absolute atomic E-state index is 0. The molecule has 23 heavy (non-hydrogen) atoms. The Balaban J connectivity index is 0.00000264. The van der Waals surface area contributed by atoms with E-state index in [1.54, 1.807) is 0 Å². The third kappa shape index (κ3) is 5.50. The molecule has 0 spiro atoms. The van der Waals surface area contributed by atoms with Crippen molar-refractivity contribution in [2.24, 2.45) is 0 Å². The summed E-state index contributed by atoms with van der Waals surface area (Å²) in [4.78, 5) is 2.23. The lowest BCUT2D eigenvalue weighted by Crippen LogP contribution is -2.45. The smallest absolute Gasteiger partial charge is 0.396 e. The van der Waals surface area contributed by atoms with E-state index in [1.165, 1.54) is 12.1 Å². The molecule has 1 aromatic rings. The van der Waals surface area contributed by atoms with E-state index in [0.29, 0.717) is 12.8 Å². The van der Waals surface area contributed by atoms with Crippen molar-refractivity contribution in [1.82, 2.24) is 10.2 Å². The van der Waals surface area contributed by atoms with E-state index in [0.717, 1.165) is 37.8 Å². The van der Waals surface area contributed by atoms with Crippen LogP contribution in [0.4, 0.5) is 13.2 Å². The maximum Gasteiger partial charge on any atom is 0.417 e. The number of aliphatic hydroxyl groups is 1. The van der Waals surface area contributed by atoms with Crippen molar-refractivity contribution in [2.75, 3.05) is 32.8 Å². The Morgan fingerprint density at radius 2 is 1.91 bits per heavy atom. The summed E-state index contributed by atoms with van der Waals surface area (Å²) in [5, 5.41) is 12.0. The molecule has 0 aromatic heterocycles. The second-order valence-corrected chi connectivity index (χ2v) is 5.81. The van der Waals surface area contributed by atoms with Gasteiger partial charge in [0, 0.05) is 38.8 Å². The van der Waals surface area contributed by atoms with Gasteiger partial charge >= 0.3 is 6.18 Å². The zero-order valence-electron chi connectivity index (χ0n) is 12.6. The Kier molecular flexibility index (Phi) is 8.10. The van der Waals surface area contributed by atoms with Crippen LogP contribution < -0.4 is 5.32 Å². The fourth-order valence-electron chi connectivity index (χ4n) is 2.81. The van der Waals surface area contributed by atoms with Gasteiger partial charge in [-0.15, -0.1) is 12.4 Å². The minimum atomic E-state index is -4.44. The van der Waals surface area contributed by atoms with Crippen molar-refractivity contribution in [2.45, 2.75) is 25.1 Å². The topological polar surface area (TPSA) is 35.5 Å². The molecule has 1 aliphatic rings. The molecule has 0 unspecified atom stereocenters. The average Bonchev–Trinajstić information content (AvgIpc) is 2.47. The molecular weight excluding hydrogens is 352 g/mol. The first-order valence-electron chi connectivity index (χ1n) is 7.35. The van der Waals surface area contributed by atoms with Gasteiger partial charge in [0.2, 0.25) is 0 Å². The van der Waals surface area contributed by atoms with Crippen LogP contribution in [0.2, 0.25) is 5.02 Å². The fourth-order valence-corrected chi connectivity index (χ4v) is 3.10. The van der Waals surface area contributed by atoms with E-state index in [2.05, 4.69) is 10.2 Å². The highest BCUT2D eigenvalue weighted by Crippen LogP contribution is 2.37. The molecule has 2 N–H and O–H groups in total. The van der Waals surface area contributed by atoms with E-state index in [1.807, 2.05) is 0 Å². The van der Waals surface area contributed by atoms with E-state index < -0.39 is 11.7 Å². The van der Waals surface area contributed by atoms with Crippen LogP contribution in [0.5, 0.6) is 0 Å². The summed E-state index contributed by atoms with van der Waals surface area (Å²) in [7, 11) is 0. The SMILES string of the molecule is Cl.OCCC[C@H](c1ccc(C(F)(F)F)c(Cl)c1)N1CCNCC1. The molecule has 1 aromatic carbocycles. The number of nitrogens with zero attached hydrogens (tertiary/aromatic N) is 1. The molecule has 1 aliphatic heterocycles. The van der Waals surface area contributed by atoms with Gasteiger partial charge < -0.3 is 10.4 Å². The van der Waals surface area contributed by atoms with E-state index in [4.69, 9.17) is 16.7 Å². The van der Waals surface area contributed by atoms with Crippen LogP contribution in [-0.4, -0.2) is 42.8 Å². The van der Waals surface area contributed by atoms with Gasteiger partial charge in [-0.25, -0.2) is 0 Å². The largest absolute Gasteiger partial charge is 0.417 e. The monoisotopic (exact) mass is 372 g/mol.